The molecule has 2 aromatic carbocycles. The molecule has 10 heteroatoms. The van der Waals surface area contributed by atoms with Gasteiger partial charge in [0.15, 0.2) is 0 Å². The Bertz CT molecular complexity index is 1340. The van der Waals surface area contributed by atoms with Crippen LogP contribution in [-0.4, -0.2) is 60.1 Å². The number of nitrogens with one attached hydrogen (secondary N) is 1. The minimum Gasteiger partial charge on any atom is -0.481 e. The van der Waals surface area contributed by atoms with E-state index in [2.05, 4.69) is 5.32 Å². The molecular weight excluding hydrogens is 513 g/mol. The third-order valence-corrected chi connectivity index (χ3v) is 7.82. The molecule has 1 saturated carbocycles. The Kier molecular flexibility index (Phi) is 7.88. The van der Waals surface area contributed by atoms with Crippen molar-refractivity contribution in [3.63, 3.8) is 0 Å². The van der Waals surface area contributed by atoms with Gasteiger partial charge in [-0.2, -0.15) is 0 Å². The molecule has 1 aliphatic carbocycles. The van der Waals surface area contributed by atoms with Gasteiger partial charge in [0.25, 0.3) is 5.91 Å². The molecule has 3 aromatic rings. The van der Waals surface area contributed by atoms with Gasteiger partial charge in [0, 0.05) is 36.8 Å². The first-order chi connectivity index (χ1) is 18.3. The second-order valence-electron chi connectivity index (χ2n) is 9.98. The third kappa shape index (κ3) is 5.50. The molecule has 1 aromatic heterocycles. The molecule has 1 amide bonds. The summed E-state index contributed by atoms with van der Waals surface area (Å²) in [7, 11) is 1.87. The van der Waals surface area contributed by atoms with Gasteiger partial charge in [-0.15, -0.1) is 0 Å². The van der Waals surface area contributed by atoms with E-state index in [0.29, 0.717) is 63.3 Å². The number of aromatic nitrogens is 1. The highest BCUT2D eigenvalue weighted by Gasteiger charge is 2.30. The molecule has 0 bridgehead atoms. The van der Waals surface area contributed by atoms with Crippen LogP contribution in [-0.2, 0) is 21.3 Å². The molecule has 0 unspecified atom stereocenters. The summed E-state index contributed by atoms with van der Waals surface area (Å²) >= 11 is 6.54. The number of morpholine rings is 1. The Morgan fingerprint density at radius 3 is 2.74 bits per heavy atom. The molecule has 202 valence electrons. The van der Waals surface area contributed by atoms with Gasteiger partial charge in [-0.25, -0.2) is 4.39 Å². The fourth-order valence-corrected chi connectivity index (χ4v) is 5.60. The Hall–Kier alpha value is -3.14. The number of anilines is 2. The average molecular weight is 544 g/mol. The maximum atomic E-state index is 15.4. The second-order valence-corrected chi connectivity index (χ2v) is 10.4. The number of ether oxygens (including phenoxy) is 2. The normalized spacial score (nSPS) is 22.0. The molecule has 2 aliphatic rings. The van der Waals surface area contributed by atoms with Crippen LogP contribution in [0.2, 0.25) is 5.02 Å². The summed E-state index contributed by atoms with van der Waals surface area (Å²) in [5.74, 6) is -1.93. The number of carboxylic acids is 1. The topological polar surface area (TPSA) is 93.0 Å². The number of nitrogens with zero attached hydrogens (tertiary/aromatic N) is 2. The molecule has 1 atom stereocenters. The predicted octanol–water partition coefficient (Wildman–Crippen LogP) is 5.09. The summed E-state index contributed by atoms with van der Waals surface area (Å²) in [5.41, 5.74) is 1.92. The number of hydrogen-bond acceptors (Lipinski definition) is 5. The van der Waals surface area contributed by atoms with Crippen molar-refractivity contribution in [2.24, 2.45) is 13.0 Å². The van der Waals surface area contributed by atoms with Gasteiger partial charge in [-0.1, -0.05) is 29.8 Å². The Balaban J connectivity index is 1.28. The number of aliphatic carboxylic acids is 1. The van der Waals surface area contributed by atoms with Crippen LogP contribution in [0.15, 0.2) is 42.6 Å². The van der Waals surface area contributed by atoms with Gasteiger partial charge in [-0.05, 0) is 37.8 Å². The fourth-order valence-electron chi connectivity index (χ4n) is 5.40. The standard InChI is InChI=1S/C28H31ClFN3O5/c1-32-14-21(20-4-2-3-5-25(20)32)27(34)31-24-13-23(30)26(12-22(24)29)33-10-11-37-15-18(33)16-38-19-8-6-17(7-9-19)28(35)36/h2-5,12-14,17-19H,6-11,15-16H2,1H3,(H,31,34)(H,35,36)/t17?,18-,19?/m0/s1. The largest absolute Gasteiger partial charge is 0.481 e. The van der Waals surface area contributed by atoms with Crippen LogP contribution in [0.25, 0.3) is 10.9 Å². The molecule has 2 heterocycles. The van der Waals surface area contributed by atoms with E-state index in [1.54, 1.807) is 6.20 Å². The summed E-state index contributed by atoms with van der Waals surface area (Å²) in [5, 5.41) is 13.0. The summed E-state index contributed by atoms with van der Waals surface area (Å²) in [6.45, 7) is 1.62. The van der Waals surface area contributed by atoms with E-state index in [1.807, 2.05) is 40.8 Å². The molecule has 1 saturated heterocycles. The number of halogens is 2. The number of benzene rings is 2. The Labute approximate surface area is 225 Å². The lowest BCUT2D eigenvalue weighted by atomic mass is 9.87. The van der Waals surface area contributed by atoms with E-state index in [-0.39, 0.29) is 34.7 Å². The molecule has 1 aliphatic heterocycles. The van der Waals surface area contributed by atoms with Gasteiger partial charge in [0.05, 0.1) is 59.8 Å². The SMILES string of the molecule is Cn1cc(C(=O)Nc2cc(F)c(N3CCOC[C@H]3COC3CCC(C(=O)O)CC3)cc2Cl)c2ccccc21. The van der Waals surface area contributed by atoms with Crippen LogP contribution in [0.4, 0.5) is 15.8 Å². The van der Waals surface area contributed by atoms with E-state index in [9.17, 15) is 14.7 Å². The zero-order chi connectivity index (χ0) is 26.8. The van der Waals surface area contributed by atoms with E-state index in [0.717, 1.165) is 10.9 Å². The van der Waals surface area contributed by atoms with Gasteiger partial charge in [-0.3, -0.25) is 9.59 Å². The average Bonchev–Trinajstić information content (AvgIpc) is 3.26. The monoisotopic (exact) mass is 543 g/mol. The second kappa shape index (κ2) is 11.3. The van der Waals surface area contributed by atoms with Crippen LogP contribution >= 0.6 is 11.6 Å². The van der Waals surface area contributed by atoms with Crippen LogP contribution in [0.3, 0.4) is 0 Å². The van der Waals surface area contributed by atoms with Crippen molar-refractivity contribution in [2.75, 3.05) is 36.6 Å². The highest BCUT2D eigenvalue weighted by Crippen LogP contribution is 2.34. The van der Waals surface area contributed by atoms with Crippen molar-refractivity contribution in [2.45, 2.75) is 37.8 Å². The molecule has 38 heavy (non-hydrogen) atoms. The van der Waals surface area contributed by atoms with Crippen LogP contribution in [0, 0.1) is 11.7 Å². The first-order valence-corrected chi connectivity index (χ1v) is 13.2. The zero-order valence-electron chi connectivity index (χ0n) is 21.2. The first-order valence-electron chi connectivity index (χ1n) is 12.8. The smallest absolute Gasteiger partial charge is 0.306 e. The fraction of sp³-hybridized carbons (Fsp3) is 0.429. The molecule has 0 radical (unpaired) electrons. The van der Waals surface area contributed by atoms with Gasteiger partial charge < -0.3 is 29.4 Å². The summed E-state index contributed by atoms with van der Waals surface area (Å²) in [6, 6.07) is 10.1. The number of amides is 1. The van der Waals surface area contributed by atoms with E-state index >= 15 is 4.39 Å². The number of carboxylic acid groups (broad SMARTS) is 1. The third-order valence-electron chi connectivity index (χ3n) is 7.51. The zero-order valence-corrected chi connectivity index (χ0v) is 21.9. The number of para-hydroxylation sites is 1. The highest BCUT2D eigenvalue weighted by atomic mass is 35.5. The van der Waals surface area contributed by atoms with Crippen molar-refractivity contribution in [3.05, 3.63) is 59.0 Å². The van der Waals surface area contributed by atoms with Gasteiger partial charge in [0.2, 0.25) is 0 Å². The van der Waals surface area contributed by atoms with Crippen molar-refractivity contribution in [1.82, 2.24) is 4.57 Å². The maximum absolute atomic E-state index is 15.4. The Morgan fingerprint density at radius 2 is 1.97 bits per heavy atom. The van der Waals surface area contributed by atoms with Crippen LogP contribution in [0.5, 0.6) is 0 Å². The van der Waals surface area contributed by atoms with E-state index in [4.69, 9.17) is 21.1 Å². The lowest BCUT2D eigenvalue weighted by molar-refractivity contribution is -0.143. The van der Waals surface area contributed by atoms with E-state index < -0.39 is 11.8 Å². The number of aryl methyl sites for hydroxylation is 1. The highest BCUT2D eigenvalue weighted by molar-refractivity contribution is 6.34. The number of carbonyl (C=O) groups is 2. The number of rotatable bonds is 7. The molecular formula is C28H31ClFN3O5. The van der Waals surface area contributed by atoms with Crippen molar-refractivity contribution < 1.29 is 28.6 Å². The van der Waals surface area contributed by atoms with Crippen molar-refractivity contribution >= 4 is 45.8 Å². The number of fused-ring (bicyclic) bond motifs is 1. The molecule has 0 spiro atoms. The lowest BCUT2D eigenvalue weighted by Crippen LogP contribution is -2.49. The molecule has 5 rings (SSSR count). The molecule has 8 nitrogen and oxygen atoms in total. The summed E-state index contributed by atoms with van der Waals surface area (Å²) in [4.78, 5) is 26.1. The first kappa shape index (κ1) is 26.5. The van der Waals surface area contributed by atoms with Crippen LogP contribution in [0.1, 0.15) is 36.0 Å². The summed E-state index contributed by atoms with van der Waals surface area (Å²) < 4.78 is 29.0. The predicted molar refractivity (Wildman–Crippen MR) is 144 cm³/mol. The quantitative estimate of drug-likeness (QED) is 0.431. The van der Waals surface area contributed by atoms with Crippen molar-refractivity contribution in [1.29, 1.82) is 0 Å². The maximum Gasteiger partial charge on any atom is 0.306 e. The van der Waals surface area contributed by atoms with E-state index in [1.165, 1.54) is 12.1 Å². The summed E-state index contributed by atoms with van der Waals surface area (Å²) in [6.07, 6.45) is 4.30. The minimum absolute atomic E-state index is 0.0190. The number of carbonyl (C=O) groups excluding carboxylic acids is 1. The number of hydrogen-bond donors (Lipinski definition) is 2. The minimum atomic E-state index is -0.751. The van der Waals surface area contributed by atoms with Crippen LogP contribution < -0.4 is 10.2 Å². The lowest BCUT2D eigenvalue weighted by Gasteiger charge is -2.38. The van der Waals surface area contributed by atoms with Crippen molar-refractivity contribution in [3.8, 4) is 0 Å². The molecule has 2 fully saturated rings. The van der Waals surface area contributed by atoms with Gasteiger partial charge >= 0.3 is 5.97 Å². The Morgan fingerprint density at radius 1 is 1.21 bits per heavy atom. The van der Waals surface area contributed by atoms with Gasteiger partial charge in [0.1, 0.15) is 5.82 Å². The molecule has 2 N–H and O–H groups in total.